The molecule has 4 rings (SSSR count). The summed E-state index contributed by atoms with van der Waals surface area (Å²) in [6, 6.07) is 20.2. The zero-order valence-corrected chi connectivity index (χ0v) is 17.2. The van der Waals surface area contributed by atoms with Gasteiger partial charge >= 0.3 is 0 Å². The topological polar surface area (TPSA) is 81.1 Å². The van der Waals surface area contributed by atoms with E-state index in [4.69, 9.17) is 17.0 Å². The predicted octanol–water partition coefficient (Wildman–Crippen LogP) is 3.86. The molecule has 0 unspecified atom stereocenters. The molecular formula is C22H19N5O2S. The lowest BCUT2D eigenvalue weighted by Crippen LogP contribution is -2.34. The van der Waals surface area contributed by atoms with Crippen molar-refractivity contribution in [3.8, 4) is 11.4 Å². The van der Waals surface area contributed by atoms with Crippen molar-refractivity contribution in [2.24, 2.45) is 0 Å². The number of hydrogen-bond acceptors (Lipinski definition) is 5. The second-order valence-electron chi connectivity index (χ2n) is 6.62. The Hall–Kier alpha value is -3.78. The molecule has 0 aliphatic heterocycles. The first-order valence-electron chi connectivity index (χ1n) is 9.23. The van der Waals surface area contributed by atoms with Gasteiger partial charge in [-0.25, -0.2) is 0 Å². The van der Waals surface area contributed by atoms with Crippen LogP contribution in [0.15, 0.2) is 66.7 Å². The Morgan fingerprint density at radius 3 is 2.33 bits per heavy atom. The number of anilines is 1. The van der Waals surface area contributed by atoms with E-state index in [0.717, 1.165) is 28.2 Å². The van der Waals surface area contributed by atoms with Crippen LogP contribution in [0.2, 0.25) is 0 Å². The fourth-order valence-electron chi connectivity index (χ4n) is 2.95. The summed E-state index contributed by atoms with van der Waals surface area (Å²) >= 11 is 5.30. The third-order valence-corrected chi connectivity index (χ3v) is 4.75. The summed E-state index contributed by atoms with van der Waals surface area (Å²) < 4.78 is 5.19. The second kappa shape index (κ2) is 8.30. The third kappa shape index (κ3) is 4.13. The maximum Gasteiger partial charge on any atom is 0.257 e. The molecule has 1 aromatic heterocycles. The molecule has 0 saturated heterocycles. The van der Waals surface area contributed by atoms with Gasteiger partial charge in [-0.05, 0) is 73.2 Å². The Balaban J connectivity index is 1.53. The first-order valence-corrected chi connectivity index (χ1v) is 9.64. The summed E-state index contributed by atoms with van der Waals surface area (Å²) in [6.45, 7) is 1.94. The SMILES string of the molecule is COc1ccc(-n2nc3cc(C)c(NC(=S)NC(=O)c4ccccc4)cc3n2)cc1. The van der Waals surface area contributed by atoms with Gasteiger partial charge in [0.15, 0.2) is 5.11 Å². The van der Waals surface area contributed by atoms with Crippen LogP contribution in [0.4, 0.5) is 5.69 Å². The smallest absolute Gasteiger partial charge is 0.257 e. The van der Waals surface area contributed by atoms with Crippen molar-refractivity contribution in [3.63, 3.8) is 0 Å². The third-order valence-electron chi connectivity index (χ3n) is 4.54. The van der Waals surface area contributed by atoms with Crippen LogP contribution >= 0.6 is 12.2 Å². The average molecular weight is 417 g/mol. The van der Waals surface area contributed by atoms with Gasteiger partial charge in [-0.3, -0.25) is 10.1 Å². The number of aryl methyl sites for hydroxylation is 1. The van der Waals surface area contributed by atoms with Gasteiger partial charge in [-0.15, -0.1) is 10.2 Å². The fraction of sp³-hybridized carbons (Fsp3) is 0.0909. The molecule has 0 spiro atoms. The summed E-state index contributed by atoms with van der Waals surface area (Å²) in [6.07, 6.45) is 0. The quantitative estimate of drug-likeness (QED) is 0.491. The standard InChI is InChI=1S/C22H19N5O2S/c1-14-12-19-20(26-27(25-19)16-8-10-17(29-2)11-9-16)13-18(14)23-22(30)24-21(28)15-6-4-3-5-7-15/h3-13H,1-2H3,(H2,23,24,28,30). The molecule has 2 N–H and O–H groups in total. The van der Waals surface area contributed by atoms with Crippen LogP contribution in [-0.4, -0.2) is 33.1 Å². The molecule has 0 fully saturated rings. The fourth-order valence-corrected chi connectivity index (χ4v) is 3.15. The number of fused-ring (bicyclic) bond motifs is 1. The van der Waals surface area contributed by atoms with E-state index in [1.165, 1.54) is 0 Å². The van der Waals surface area contributed by atoms with E-state index in [1.807, 2.05) is 49.4 Å². The zero-order valence-electron chi connectivity index (χ0n) is 16.4. The van der Waals surface area contributed by atoms with Crippen molar-refractivity contribution in [2.75, 3.05) is 12.4 Å². The molecule has 0 radical (unpaired) electrons. The lowest BCUT2D eigenvalue weighted by atomic mass is 10.2. The lowest BCUT2D eigenvalue weighted by Gasteiger charge is -2.11. The van der Waals surface area contributed by atoms with Crippen LogP contribution in [0.1, 0.15) is 15.9 Å². The minimum Gasteiger partial charge on any atom is -0.497 e. The Kier molecular flexibility index (Phi) is 5.40. The van der Waals surface area contributed by atoms with Crippen LogP contribution in [0.3, 0.4) is 0 Å². The summed E-state index contributed by atoms with van der Waals surface area (Å²) in [5.74, 6) is 0.501. The first kappa shape index (κ1) is 19.5. The van der Waals surface area contributed by atoms with Gasteiger partial charge in [-0.1, -0.05) is 18.2 Å². The van der Waals surface area contributed by atoms with E-state index in [2.05, 4.69) is 20.8 Å². The number of amides is 1. The highest BCUT2D eigenvalue weighted by Crippen LogP contribution is 2.22. The molecular weight excluding hydrogens is 398 g/mol. The summed E-state index contributed by atoms with van der Waals surface area (Å²) in [7, 11) is 1.62. The summed E-state index contributed by atoms with van der Waals surface area (Å²) in [5.41, 5.74) is 4.51. The molecule has 0 aliphatic rings. The van der Waals surface area contributed by atoms with Crippen LogP contribution in [0.5, 0.6) is 5.75 Å². The number of aromatic nitrogens is 3. The van der Waals surface area contributed by atoms with E-state index in [1.54, 1.807) is 36.2 Å². The minimum atomic E-state index is -0.266. The first-order chi connectivity index (χ1) is 14.5. The van der Waals surface area contributed by atoms with Crippen LogP contribution in [0, 0.1) is 6.92 Å². The monoisotopic (exact) mass is 417 g/mol. The predicted molar refractivity (Wildman–Crippen MR) is 120 cm³/mol. The maximum atomic E-state index is 12.3. The Morgan fingerprint density at radius 2 is 1.67 bits per heavy atom. The molecule has 0 atom stereocenters. The second-order valence-corrected chi connectivity index (χ2v) is 7.03. The molecule has 150 valence electrons. The van der Waals surface area contributed by atoms with E-state index < -0.39 is 0 Å². The number of hydrogen-bond donors (Lipinski definition) is 2. The maximum absolute atomic E-state index is 12.3. The highest BCUT2D eigenvalue weighted by molar-refractivity contribution is 7.80. The summed E-state index contributed by atoms with van der Waals surface area (Å²) in [5, 5.41) is 15.1. The molecule has 0 saturated carbocycles. The molecule has 30 heavy (non-hydrogen) atoms. The van der Waals surface area contributed by atoms with Crippen molar-refractivity contribution >= 4 is 40.0 Å². The average Bonchev–Trinajstić information content (AvgIpc) is 3.17. The molecule has 4 aromatic rings. The number of thiocarbonyl (C=S) groups is 1. The molecule has 0 aliphatic carbocycles. The number of nitrogens with one attached hydrogen (secondary N) is 2. The van der Waals surface area contributed by atoms with Gasteiger partial charge in [0, 0.05) is 11.3 Å². The lowest BCUT2D eigenvalue weighted by molar-refractivity contribution is 0.0977. The Labute approximate surface area is 178 Å². The highest BCUT2D eigenvalue weighted by atomic mass is 32.1. The number of benzene rings is 3. The van der Waals surface area contributed by atoms with Crippen molar-refractivity contribution in [1.29, 1.82) is 0 Å². The van der Waals surface area contributed by atoms with Crippen molar-refractivity contribution in [2.45, 2.75) is 6.92 Å². The van der Waals surface area contributed by atoms with Crippen molar-refractivity contribution < 1.29 is 9.53 Å². The van der Waals surface area contributed by atoms with Gasteiger partial charge in [0.1, 0.15) is 16.8 Å². The Bertz CT molecular complexity index is 1220. The Morgan fingerprint density at radius 1 is 1.00 bits per heavy atom. The van der Waals surface area contributed by atoms with E-state index in [9.17, 15) is 4.79 Å². The van der Waals surface area contributed by atoms with Crippen molar-refractivity contribution in [1.82, 2.24) is 20.3 Å². The molecule has 1 amide bonds. The summed E-state index contributed by atoms with van der Waals surface area (Å²) in [4.78, 5) is 13.8. The number of methoxy groups -OCH3 is 1. The molecule has 0 bridgehead atoms. The van der Waals surface area contributed by atoms with E-state index in [-0.39, 0.29) is 11.0 Å². The highest BCUT2D eigenvalue weighted by Gasteiger charge is 2.11. The molecule has 7 nitrogen and oxygen atoms in total. The number of carbonyl (C=O) groups excluding carboxylic acids is 1. The number of nitrogens with zero attached hydrogens (tertiary/aromatic N) is 3. The van der Waals surface area contributed by atoms with Crippen LogP contribution in [-0.2, 0) is 0 Å². The van der Waals surface area contributed by atoms with Crippen LogP contribution in [0.25, 0.3) is 16.7 Å². The molecule has 8 heteroatoms. The van der Waals surface area contributed by atoms with Gasteiger partial charge in [0.05, 0.1) is 12.8 Å². The van der Waals surface area contributed by atoms with E-state index >= 15 is 0 Å². The number of rotatable bonds is 4. The number of carbonyl (C=O) groups is 1. The normalized spacial score (nSPS) is 10.6. The number of ether oxygens (including phenoxy) is 1. The van der Waals surface area contributed by atoms with Crippen LogP contribution < -0.4 is 15.4 Å². The van der Waals surface area contributed by atoms with Gasteiger partial charge in [0.2, 0.25) is 0 Å². The molecule has 1 heterocycles. The molecule has 3 aromatic carbocycles. The van der Waals surface area contributed by atoms with Gasteiger partial charge < -0.3 is 10.1 Å². The minimum absolute atomic E-state index is 0.217. The van der Waals surface area contributed by atoms with Crippen molar-refractivity contribution in [3.05, 3.63) is 77.9 Å². The van der Waals surface area contributed by atoms with Gasteiger partial charge in [0.25, 0.3) is 5.91 Å². The van der Waals surface area contributed by atoms with Gasteiger partial charge in [-0.2, -0.15) is 4.80 Å². The zero-order chi connectivity index (χ0) is 21.1. The largest absolute Gasteiger partial charge is 0.497 e. The van der Waals surface area contributed by atoms with E-state index in [0.29, 0.717) is 11.1 Å².